The molecule has 0 saturated heterocycles. The van der Waals surface area contributed by atoms with Crippen LogP contribution in [0.2, 0.25) is 0 Å². The normalized spacial score (nSPS) is 11.2. The summed E-state index contributed by atoms with van der Waals surface area (Å²) in [6.07, 6.45) is 1.69. The van der Waals surface area contributed by atoms with Gasteiger partial charge < -0.3 is 9.88 Å². The minimum Gasteiger partial charge on any atom is -0.376 e. The van der Waals surface area contributed by atoms with E-state index in [-0.39, 0.29) is 12.5 Å². The lowest BCUT2D eigenvalue weighted by Crippen LogP contribution is -2.25. The summed E-state index contributed by atoms with van der Waals surface area (Å²) in [6.45, 7) is 4.24. The van der Waals surface area contributed by atoms with Crippen LogP contribution in [0.25, 0.3) is 16.5 Å². The highest BCUT2D eigenvalue weighted by Crippen LogP contribution is 2.23. The van der Waals surface area contributed by atoms with Crippen LogP contribution in [0, 0.1) is 13.8 Å². The third-order valence-corrected chi connectivity index (χ3v) is 5.71. The molecule has 1 amide bonds. The number of fused-ring (bicyclic) bond motifs is 1. The van der Waals surface area contributed by atoms with Crippen molar-refractivity contribution in [3.63, 3.8) is 0 Å². The summed E-state index contributed by atoms with van der Waals surface area (Å²) >= 11 is 3.47. The van der Waals surface area contributed by atoms with Crippen LogP contribution < -0.4 is 10.7 Å². The summed E-state index contributed by atoms with van der Waals surface area (Å²) in [7, 11) is 0. The number of hydrazone groups is 1. The molecular weight excluding hydrogens is 452 g/mol. The summed E-state index contributed by atoms with van der Waals surface area (Å²) in [5.74, 6) is -0.203. The van der Waals surface area contributed by atoms with Gasteiger partial charge in [-0.2, -0.15) is 5.10 Å². The van der Waals surface area contributed by atoms with E-state index in [1.54, 1.807) is 6.21 Å². The number of carbonyl (C=O) groups is 1. The molecule has 4 rings (SSSR count). The number of amides is 1. The Morgan fingerprint density at radius 3 is 2.58 bits per heavy atom. The summed E-state index contributed by atoms with van der Waals surface area (Å²) in [5.41, 5.74) is 7.74. The van der Waals surface area contributed by atoms with Crippen LogP contribution in [0.5, 0.6) is 0 Å². The predicted molar refractivity (Wildman–Crippen MR) is 131 cm³/mol. The molecule has 0 radical (unpaired) electrons. The van der Waals surface area contributed by atoms with Crippen LogP contribution in [0.3, 0.4) is 0 Å². The van der Waals surface area contributed by atoms with E-state index in [2.05, 4.69) is 73.6 Å². The van der Waals surface area contributed by atoms with E-state index in [4.69, 9.17) is 0 Å². The second-order valence-corrected chi connectivity index (χ2v) is 8.23. The van der Waals surface area contributed by atoms with Gasteiger partial charge in [0, 0.05) is 38.2 Å². The number of aromatic nitrogens is 1. The fraction of sp³-hybridized carbons (Fsp3) is 0.120. The maximum Gasteiger partial charge on any atom is 0.259 e. The molecule has 1 aromatic heterocycles. The second-order valence-electron chi connectivity index (χ2n) is 7.31. The molecule has 0 aliphatic rings. The van der Waals surface area contributed by atoms with Crippen molar-refractivity contribution in [1.29, 1.82) is 0 Å². The number of carbonyl (C=O) groups excluding carboxylic acids is 1. The number of hydrogen-bond donors (Lipinski definition) is 2. The highest BCUT2D eigenvalue weighted by molar-refractivity contribution is 9.10. The third kappa shape index (κ3) is 4.70. The molecule has 5 nitrogen and oxygen atoms in total. The van der Waals surface area contributed by atoms with E-state index in [9.17, 15) is 4.79 Å². The van der Waals surface area contributed by atoms with Crippen LogP contribution in [0.1, 0.15) is 17.0 Å². The van der Waals surface area contributed by atoms with E-state index in [0.29, 0.717) is 0 Å². The number of hydrogen-bond acceptors (Lipinski definition) is 3. The molecular formula is C25H23BrN4O. The minimum atomic E-state index is -0.203. The van der Waals surface area contributed by atoms with Gasteiger partial charge in [-0.3, -0.25) is 4.79 Å². The molecule has 3 aromatic carbocycles. The standard InChI is InChI=1S/C25H23BrN4O/c1-17-14-20(18(2)30(17)22-12-10-21(26)11-13-22)15-28-29-25(31)16-27-24-9-5-7-19-6-3-4-8-23(19)24/h3-15,27H,16H2,1-2H3,(H,29,31)/b28-15-. The Morgan fingerprint density at radius 2 is 1.77 bits per heavy atom. The number of benzene rings is 3. The van der Waals surface area contributed by atoms with Crippen LogP contribution >= 0.6 is 15.9 Å². The van der Waals surface area contributed by atoms with Crippen molar-refractivity contribution < 1.29 is 4.79 Å². The van der Waals surface area contributed by atoms with E-state index in [0.717, 1.165) is 43.6 Å². The second kappa shape index (κ2) is 9.18. The number of nitrogens with zero attached hydrogens (tertiary/aromatic N) is 2. The van der Waals surface area contributed by atoms with Gasteiger partial charge in [0.05, 0.1) is 12.8 Å². The third-order valence-electron chi connectivity index (χ3n) is 5.18. The van der Waals surface area contributed by atoms with Gasteiger partial charge in [0.2, 0.25) is 0 Å². The first-order valence-corrected chi connectivity index (χ1v) is 10.8. The Bertz CT molecular complexity index is 1250. The summed E-state index contributed by atoms with van der Waals surface area (Å²) < 4.78 is 3.21. The fourth-order valence-corrected chi connectivity index (χ4v) is 3.94. The molecule has 1 heterocycles. The Labute approximate surface area is 189 Å². The minimum absolute atomic E-state index is 0.142. The first kappa shape index (κ1) is 20.9. The molecule has 0 atom stereocenters. The average Bonchev–Trinajstić information content (AvgIpc) is 3.06. The molecule has 0 aliphatic heterocycles. The van der Waals surface area contributed by atoms with E-state index >= 15 is 0 Å². The topological polar surface area (TPSA) is 58.4 Å². The number of rotatable bonds is 6. The molecule has 0 unspecified atom stereocenters. The molecule has 6 heteroatoms. The predicted octanol–water partition coefficient (Wildman–Crippen LogP) is 5.57. The Morgan fingerprint density at radius 1 is 1.03 bits per heavy atom. The Balaban J connectivity index is 1.40. The molecule has 0 fully saturated rings. The zero-order valence-electron chi connectivity index (χ0n) is 17.4. The maximum absolute atomic E-state index is 12.3. The van der Waals surface area contributed by atoms with Crippen molar-refractivity contribution in [2.75, 3.05) is 11.9 Å². The van der Waals surface area contributed by atoms with Gasteiger partial charge in [-0.1, -0.05) is 52.3 Å². The zero-order valence-corrected chi connectivity index (χ0v) is 19.0. The molecule has 0 bridgehead atoms. The molecule has 0 aliphatic carbocycles. The smallest absolute Gasteiger partial charge is 0.259 e. The summed E-state index contributed by atoms with van der Waals surface area (Å²) in [4.78, 5) is 12.3. The van der Waals surface area contributed by atoms with E-state index < -0.39 is 0 Å². The van der Waals surface area contributed by atoms with Gasteiger partial charge in [0.15, 0.2) is 0 Å². The molecule has 156 valence electrons. The molecule has 0 saturated carbocycles. The Kier molecular flexibility index (Phi) is 6.18. The van der Waals surface area contributed by atoms with Crippen molar-refractivity contribution in [1.82, 2.24) is 9.99 Å². The lowest BCUT2D eigenvalue weighted by Gasteiger charge is -2.09. The van der Waals surface area contributed by atoms with Crippen molar-refractivity contribution in [3.8, 4) is 5.69 Å². The number of halogens is 1. The fourth-order valence-electron chi connectivity index (χ4n) is 3.67. The molecule has 31 heavy (non-hydrogen) atoms. The quantitative estimate of drug-likeness (QED) is 0.283. The summed E-state index contributed by atoms with van der Waals surface area (Å²) in [6, 6.07) is 24.3. The van der Waals surface area contributed by atoms with Gasteiger partial charge in [-0.05, 0) is 55.6 Å². The van der Waals surface area contributed by atoms with Crippen LogP contribution in [-0.2, 0) is 4.79 Å². The average molecular weight is 475 g/mol. The highest BCUT2D eigenvalue weighted by Gasteiger charge is 2.09. The maximum atomic E-state index is 12.3. The lowest BCUT2D eigenvalue weighted by molar-refractivity contribution is -0.119. The van der Waals surface area contributed by atoms with Gasteiger partial charge in [-0.15, -0.1) is 0 Å². The van der Waals surface area contributed by atoms with Crippen molar-refractivity contribution >= 4 is 44.5 Å². The van der Waals surface area contributed by atoms with Crippen LogP contribution in [0.15, 0.2) is 82.4 Å². The van der Waals surface area contributed by atoms with Gasteiger partial charge >= 0.3 is 0 Å². The number of aryl methyl sites for hydroxylation is 1. The van der Waals surface area contributed by atoms with Crippen molar-refractivity contribution in [2.24, 2.45) is 5.10 Å². The number of anilines is 1. The number of nitrogens with one attached hydrogen (secondary N) is 2. The monoisotopic (exact) mass is 474 g/mol. The van der Waals surface area contributed by atoms with Gasteiger partial charge in [0.25, 0.3) is 5.91 Å². The molecule has 4 aromatic rings. The van der Waals surface area contributed by atoms with Gasteiger partial charge in [0.1, 0.15) is 0 Å². The zero-order chi connectivity index (χ0) is 21.8. The van der Waals surface area contributed by atoms with Crippen LogP contribution in [0.4, 0.5) is 5.69 Å². The SMILES string of the molecule is Cc1cc(/C=N\NC(=O)CNc2cccc3ccccc23)c(C)n1-c1ccc(Br)cc1. The molecule has 0 spiro atoms. The molecule has 2 N–H and O–H groups in total. The Hall–Kier alpha value is -3.38. The lowest BCUT2D eigenvalue weighted by atomic mass is 10.1. The highest BCUT2D eigenvalue weighted by atomic mass is 79.9. The first-order valence-electron chi connectivity index (χ1n) is 10.0. The largest absolute Gasteiger partial charge is 0.376 e. The van der Waals surface area contributed by atoms with Gasteiger partial charge in [-0.25, -0.2) is 5.43 Å². The van der Waals surface area contributed by atoms with Crippen molar-refractivity contribution in [2.45, 2.75) is 13.8 Å². The summed E-state index contributed by atoms with van der Waals surface area (Å²) in [5, 5.41) is 9.56. The van der Waals surface area contributed by atoms with E-state index in [1.807, 2.05) is 49.4 Å². The van der Waals surface area contributed by atoms with Crippen molar-refractivity contribution in [3.05, 3.63) is 94.2 Å². The van der Waals surface area contributed by atoms with Crippen LogP contribution in [-0.4, -0.2) is 23.2 Å². The van der Waals surface area contributed by atoms with E-state index in [1.165, 1.54) is 0 Å². The first-order chi connectivity index (χ1) is 15.0.